The minimum Gasteiger partial charge on any atom is -0.390 e. The first kappa shape index (κ1) is 43.2. The maximum atomic E-state index is 13.5. The van der Waals surface area contributed by atoms with E-state index in [-0.39, 0.29) is 53.9 Å². The van der Waals surface area contributed by atoms with E-state index >= 15 is 0 Å². The Balaban J connectivity index is 1.28. The summed E-state index contributed by atoms with van der Waals surface area (Å²) in [5.74, 6) is -1.37. The van der Waals surface area contributed by atoms with Crippen LogP contribution >= 0.6 is 0 Å². The number of aliphatic hydroxyl groups is 3. The molecule has 0 aliphatic heterocycles. The molecule has 3 atom stereocenters. The third-order valence-electron chi connectivity index (χ3n) is 9.59. The van der Waals surface area contributed by atoms with Crippen molar-refractivity contribution in [3.63, 3.8) is 0 Å². The number of benzene rings is 3. The van der Waals surface area contributed by atoms with Crippen LogP contribution in [0.5, 0.6) is 0 Å². The highest BCUT2D eigenvalue weighted by atomic mass is 16.4. The van der Waals surface area contributed by atoms with Crippen LogP contribution in [0.4, 0.5) is 10.6 Å². The number of carbonyl (C=O) groups excluding carboxylic acids is 3. The van der Waals surface area contributed by atoms with E-state index in [0.29, 0.717) is 26.2 Å². The summed E-state index contributed by atoms with van der Waals surface area (Å²) in [5, 5.41) is 46.8. The Morgan fingerprint density at radius 2 is 1.38 bits per heavy atom. The highest BCUT2D eigenvalue weighted by Gasteiger charge is 2.30. The second kappa shape index (κ2) is 21.5. The Bertz CT molecular complexity index is 2010. The first-order valence-electron chi connectivity index (χ1n) is 19.5. The molecule has 0 bridgehead atoms. The molecule has 0 radical (unpaired) electrons. The van der Waals surface area contributed by atoms with E-state index < -0.39 is 36.7 Å². The minimum absolute atomic E-state index is 0.00408. The molecule has 0 saturated carbocycles. The predicted octanol–water partition coefficient (Wildman–Crippen LogP) is 2.75. The van der Waals surface area contributed by atoms with Crippen LogP contribution < -0.4 is 26.6 Å². The summed E-state index contributed by atoms with van der Waals surface area (Å²) in [6.07, 6.45) is -4.45. The van der Waals surface area contributed by atoms with Gasteiger partial charge in [-0.1, -0.05) is 91.0 Å². The van der Waals surface area contributed by atoms with E-state index in [2.05, 4.69) is 72.4 Å². The van der Waals surface area contributed by atoms with Crippen molar-refractivity contribution in [1.29, 1.82) is 0 Å². The van der Waals surface area contributed by atoms with Gasteiger partial charge >= 0.3 is 6.03 Å². The van der Waals surface area contributed by atoms with E-state index in [1.165, 1.54) is 11.9 Å². The summed E-state index contributed by atoms with van der Waals surface area (Å²) in [6, 6.07) is 29.8. The molecule has 0 spiro atoms. The van der Waals surface area contributed by atoms with E-state index in [4.69, 9.17) is 0 Å². The van der Waals surface area contributed by atoms with Crippen LogP contribution in [-0.2, 0) is 11.3 Å². The van der Waals surface area contributed by atoms with Crippen molar-refractivity contribution >= 4 is 34.8 Å². The average molecular weight is 795 g/mol. The molecule has 308 valence electrons. The molecule has 2 heterocycles. The summed E-state index contributed by atoms with van der Waals surface area (Å²) in [7, 11) is 0. The normalized spacial score (nSPS) is 13.0. The molecule has 3 aromatic carbocycles. The van der Waals surface area contributed by atoms with Gasteiger partial charge in [0.25, 0.3) is 5.91 Å². The smallest absolute Gasteiger partial charge is 0.314 e. The van der Waals surface area contributed by atoms with Gasteiger partial charge in [-0.25, -0.2) is 19.7 Å². The van der Waals surface area contributed by atoms with Gasteiger partial charge in [0, 0.05) is 57.8 Å². The number of hydrogen-bond donors (Lipinski definition) is 8. The number of nitrogens with zero attached hydrogens (tertiary/aromatic N) is 5. The zero-order valence-corrected chi connectivity index (χ0v) is 33.1. The molecule has 0 saturated heterocycles. The number of aromatic nitrogens is 4. The molecule has 58 heavy (non-hydrogen) atoms. The number of amides is 4. The lowest BCUT2D eigenvalue weighted by Crippen LogP contribution is -2.44. The maximum Gasteiger partial charge on any atom is 0.314 e. The fourth-order valence-electron chi connectivity index (χ4n) is 6.42. The molecule has 0 fully saturated rings. The number of urea groups is 1. The summed E-state index contributed by atoms with van der Waals surface area (Å²) >= 11 is 0. The predicted molar refractivity (Wildman–Crippen MR) is 221 cm³/mol. The molecule has 4 amide bonds. The first-order chi connectivity index (χ1) is 28.0. The van der Waals surface area contributed by atoms with Gasteiger partial charge < -0.3 is 41.9 Å². The van der Waals surface area contributed by atoms with Gasteiger partial charge in [0.05, 0.1) is 18.9 Å². The maximum absolute atomic E-state index is 13.5. The number of fused-ring (bicyclic) bond motifs is 1. The molecule has 0 aliphatic carbocycles. The monoisotopic (exact) mass is 794 g/mol. The fraction of sp³-hybridized carbons (Fsp3) is 0.381. The van der Waals surface area contributed by atoms with Gasteiger partial charge in [-0.05, 0) is 37.5 Å². The molecular weight excluding hydrogens is 741 g/mol. The molecule has 5 rings (SSSR count). The molecule has 16 nitrogen and oxygen atoms in total. The Hall–Kier alpha value is -5.94. The summed E-state index contributed by atoms with van der Waals surface area (Å²) in [6.45, 7) is 8.63. The lowest BCUT2D eigenvalue weighted by atomic mass is 9.91. The van der Waals surface area contributed by atoms with Crippen LogP contribution in [0, 0.1) is 0 Å². The lowest BCUT2D eigenvalue weighted by molar-refractivity contribution is -0.129. The number of rotatable bonds is 21. The van der Waals surface area contributed by atoms with E-state index in [9.17, 15) is 29.7 Å². The molecule has 8 N–H and O–H groups in total. The highest BCUT2D eigenvalue weighted by Crippen LogP contribution is 2.28. The van der Waals surface area contributed by atoms with Crippen molar-refractivity contribution in [2.75, 3.05) is 44.6 Å². The SMILES string of the molecule is CCNC(=O)C[C@@H](O)[C@@H](O)[C@@H](O)n1cnc2c(NCC(c3ccccc3)c3ccccc3)nc(C(=O)NCCNC(=O)NCCN(Cc3ccccc3)C(C)C)nc21. The summed E-state index contributed by atoms with van der Waals surface area (Å²) < 4.78 is 1.11. The van der Waals surface area contributed by atoms with E-state index in [1.807, 2.05) is 78.9 Å². The molecule has 0 aliphatic rings. The molecule has 0 unspecified atom stereocenters. The lowest BCUT2D eigenvalue weighted by Gasteiger charge is -2.26. The van der Waals surface area contributed by atoms with Crippen molar-refractivity contribution < 1.29 is 29.7 Å². The second-order valence-electron chi connectivity index (χ2n) is 14.1. The van der Waals surface area contributed by atoms with Crippen molar-refractivity contribution in [2.45, 2.75) is 64.1 Å². The van der Waals surface area contributed by atoms with Gasteiger partial charge in [0.15, 0.2) is 23.2 Å². The van der Waals surface area contributed by atoms with Crippen molar-refractivity contribution in [3.8, 4) is 0 Å². The zero-order valence-electron chi connectivity index (χ0n) is 33.1. The van der Waals surface area contributed by atoms with Crippen molar-refractivity contribution in [1.82, 2.24) is 45.7 Å². The Labute approximate surface area is 338 Å². The van der Waals surface area contributed by atoms with Crippen molar-refractivity contribution in [3.05, 3.63) is 120 Å². The van der Waals surface area contributed by atoms with Gasteiger partial charge in [-0.2, -0.15) is 0 Å². The largest absolute Gasteiger partial charge is 0.390 e. The number of anilines is 1. The summed E-state index contributed by atoms with van der Waals surface area (Å²) in [5.41, 5.74) is 3.46. The highest BCUT2D eigenvalue weighted by molar-refractivity contribution is 5.94. The number of imidazole rings is 1. The molecule has 2 aromatic heterocycles. The number of carbonyl (C=O) groups is 3. The summed E-state index contributed by atoms with van der Waals surface area (Å²) in [4.78, 5) is 53.8. The fourth-order valence-corrected chi connectivity index (χ4v) is 6.42. The number of aliphatic hydroxyl groups excluding tert-OH is 3. The third kappa shape index (κ3) is 12.0. The second-order valence-corrected chi connectivity index (χ2v) is 14.1. The van der Waals surface area contributed by atoms with Crippen LogP contribution in [0.1, 0.15) is 66.6 Å². The van der Waals surface area contributed by atoms with Crippen LogP contribution in [0.3, 0.4) is 0 Å². The number of hydrogen-bond acceptors (Lipinski definition) is 11. The van der Waals surface area contributed by atoms with E-state index in [1.54, 1.807) is 6.92 Å². The van der Waals surface area contributed by atoms with E-state index in [0.717, 1.165) is 22.2 Å². The van der Waals surface area contributed by atoms with Gasteiger partial charge in [-0.3, -0.25) is 19.1 Å². The zero-order chi connectivity index (χ0) is 41.4. The minimum atomic E-state index is -1.81. The van der Waals surface area contributed by atoms with Gasteiger partial charge in [0.1, 0.15) is 6.10 Å². The van der Waals surface area contributed by atoms with Gasteiger partial charge in [0.2, 0.25) is 11.7 Å². The van der Waals surface area contributed by atoms with Crippen LogP contribution in [0.2, 0.25) is 0 Å². The Kier molecular flexibility index (Phi) is 16.0. The molecular formula is C42H54N10O6. The average Bonchev–Trinajstić information content (AvgIpc) is 3.67. The third-order valence-corrected chi connectivity index (χ3v) is 9.59. The Morgan fingerprint density at radius 3 is 2.00 bits per heavy atom. The topological polar surface area (TPSA) is 219 Å². The molecule has 5 aromatic rings. The van der Waals surface area contributed by atoms with Crippen LogP contribution in [0.15, 0.2) is 97.3 Å². The van der Waals surface area contributed by atoms with Crippen LogP contribution in [0.25, 0.3) is 11.2 Å². The van der Waals surface area contributed by atoms with Gasteiger partial charge in [-0.15, -0.1) is 0 Å². The standard InChI is InChI=1S/C42H54N10O6/c1-4-43-34(54)24-33(53)36(55)41(57)52-27-48-35-37(47-25-32(30-16-10-6-11-17-30)31-18-12-7-13-19-31)49-38(50-39(35)52)40(56)44-20-21-45-42(58)46-22-23-51(28(2)3)26-29-14-8-5-9-15-29/h5-19,27-28,32-33,36,41,53,55,57H,4,20-26H2,1-3H3,(H,43,54)(H,44,56)(H2,45,46,58)(H,47,49,50)/t33-,36-,41-/m1/s1. The quantitative estimate of drug-likeness (QED) is 0.0505. The molecule has 16 heteroatoms. The number of nitrogens with one attached hydrogen (secondary N) is 5. The van der Waals surface area contributed by atoms with Crippen LogP contribution in [-0.4, -0.2) is 115 Å². The first-order valence-corrected chi connectivity index (χ1v) is 19.5. The van der Waals surface area contributed by atoms with Crippen molar-refractivity contribution in [2.24, 2.45) is 0 Å². The Morgan fingerprint density at radius 1 is 0.776 bits per heavy atom.